The van der Waals surface area contributed by atoms with Crippen LogP contribution in [0.15, 0.2) is 48.8 Å². The number of benzene rings is 1. The van der Waals surface area contributed by atoms with Crippen LogP contribution in [-0.2, 0) is 0 Å². The van der Waals surface area contributed by atoms with Gasteiger partial charge in [0.05, 0.1) is 16.8 Å². The monoisotopic (exact) mass is 306 g/mol. The summed E-state index contributed by atoms with van der Waals surface area (Å²) in [5.74, 6) is -0.168. The second kappa shape index (κ2) is 6.04. The highest BCUT2D eigenvalue weighted by molar-refractivity contribution is 6.06. The van der Waals surface area contributed by atoms with E-state index >= 15 is 0 Å². The molecule has 5 heteroatoms. The third kappa shape index (κ3) is 3.13. The summed E-state index contributed by atoms with van der Waals surface area (Å²) in [4.78, 5) is 23.1. The van der Waals surface area contributed by atoms with Crippen LogP contribution >= 0.6 is 0 Å². The third-order valence-electron chi connectivity index (χ3n) is 3.69. The fourth-order valence-electron chi connectivity index (χ4n) is 2.38. The Morgan fingerprint density at radius 2 is 1.87 bits per heavy atom. The zero-order valence-corrected chi connectivity index (χ0v) is 13.4. The van der Waals surface area contributed by atoms with E-state index in [2.05, 4.69) is 15.3 Å². The number of aryl methyl sites for hydroxylation is 1. The van der Waals surface area contributed by atoms with Crippen LogP contribution in [0.2, 0.25) is 0 Å². The molecule has 0 atom stereocenters. The number of rotatable bonds is 3. The van der Waals surface area contributed by atoms with Crippen LogP contribution < -0.4 is 10.2 Å². The van der Waals surface area contributed by atoms with Gasteiger partial charge in [0, 0.05) is 43.3 Å². The van der Waals surface area contributed by atoms with E-state index < -0.39 is 0 Å². The summed E-state index contributed by atoms with van der Waals surface area (Å²) in [5.41, 5.74) is 3.93. The average molecular weight is 306 g/mol. The highest BCUT2D eigenvalue weighted by atomic mass is 16.1. The number of aromatic nitrogens is 2. The van der Waals surface area contributed by atoms with E-state index in [1.54, 1.807) is 12.4 Å². The molecule has 3 rings (SSSR count). The highest BCUT2D eigenvalue weighted by Gasteiger charge is 2.12. The molecule has 1 N–H and O–H groups in total. The zero-order valence-electron chi connectivity index (χ0n) is 13.4. The van der Waals surface area contributed by atoms with Crippen molar-refractivity contribution in [3.05, 3.63) is 60.0 Å². The molecule has 0 spiro atoms. The second-order valence-electron chi connectivity index (χ2n) is 5.59. The van der Waals surface area contributed by atoms with Gasteiger partial charge in [-0.2, -0.15) is 0 Å². The van der Waals surface area contributed by atoms with Crippen LogP contribution in [0.4, 0.5) is 11.4 Å². The minimum absolute atomic E-state index is 0.168. The topological polar surface area (TPSA) is 58.1 Å². The lowest BCUT2D eigenvalue weighted by molar-refractivity contribution is 0.102. The number of hydrogen-bond donors (Lipinski definition) is 1. The van der Waals surface area contributed by atoms with Gasteiger partial charge in [-0.1, -0.05) is 0 Å². The molecule has 2 heterocycles. The van der Waals surface area contributed by atoms with Crippen molar-refractivity contribution >= 4 is 28.2 Å². The summed E-state index contributed by atoms with van der Waals surface area (Å²) in [6.45, 7) is 1.84. The van der Waals surface area contributed by atoms with Crippen molar-refractivity contribution in [2.45, 2.75) is 6.92 Å². The van der Waals surface area contributed by atoms with Crippen molar-refractivity contribution in [3.8, 4) is 0 Å². The van der Waals surface area contributed by atoms with E-state index in [9.17, 15) is 4.79 Å². The fourth-order valence-corrected chi connectivity index (χ4v) is 2.38. The molecule has 0 radical (unpaired) electrons. The second-order valence-corrected chi connectivity index (χ2v) is 5.59. The van der Waals surface area contributed by atoms with Crippen LogP contribution in [0.1, 0.15) is 16.1 Å². The van der Waals surface area contributed by atoms with Crippen molar-refractivity contribution < 1.29 is 4.79 Å². The third-order valence-corrected chi connectivity index (χ3v) is 3.69. The lowest BCUT2D eigenvalue weighted by Gasteiger charge is -2.13. The van der Waals surface area contributed by atoms with Gasteiger partial charge in [0.15, 0.2) is 0 Å². The number of anilines is 2. The molecule has 3 aromatic rings. The molecule has 0 saturated heterocycles. The maximum absolute atomic E-state index is 12.5. The molecular formula is C18H18N4O. The molecule has 0 unspecified atom stereocenters. The first-order valence-electron chi connectivity index (χ1n) is 7.35. The number of pyridine rings is 2. The van der Waals surface area contributed by atoms with E-state index in [0.29, 0.717) is 11.3 Å². The van der Waals surface area contributed by atoms with Crippen LogP contribution in [-0.4, -0.2) is 30.0 Å². The molecular weight excluding hydrogens is 288 g/mol. The number of carbonyl (C=O) groups is 1. The van der Waals surface area contributed by atoms with Gasteiger partial charge in [-0.25, -0.2) is 0 Å². The summed E-state index contributed by atoms with van der Waals surface area (Å²) >= 11 is 0. The van der Waals surface area contributed by atoms with Crippen molar-refractivity contribution in [3.63, 3.8) is 0 Å². The molecule has 0 fully saturated rings. The molecule has 0 bridgehead atoms. The number of carbonyl (C=O) groups excluding carboxylic acids is 1. The summed E-state index contributed by atoms with van der Waals surface area (Å²) in [5, 5.41) is 3.76. The molecule has 116 valence electrons. The van der Waals surface area contributed by atoms with Gasteiger partial charge in [0.2, 0.25) is 0 Å². The van der Waals surface area contributed by atoms with Crippen molar-refractivity contribution in [1.29, 1.82) is 0 Å². The molecule has 0 aliphatic rings. The number of hydrogen-bond acceptors (Lipinski definition) is 4. The van der Waals surface area contributed by atoms with E-state index in [-0.39, 0.29) is 5.91 Å². The van der Waals surface area contributed by atoms with Crippen LogP contribution in [0, 0.1) is 6.92 Å². The van der Waals surface area contributed by atoms with E-state index in [1.165, 1.54) is 0 Å². The maximum atomic E-state index is 12.5. The lowest BCUT2D eigenvalue weighted by atomic mass is 10.1. The van der Waals surface area contributed by atoms with Crippen LogP contribution in [0.3, 0.4) is 0 Å². The van der Waals surface area contributed by atoms with Gasteiger partial charge in [-0.15, -0.1) is 0 Å². The van der Waals surface area contributed by atoms with Crippen molar-refractivity contribution in [2.75, 3.05) is 24.3 Å². The number of amides is 1. The van der Waals surface area contributed by atoms with Gasteiger partial charge < -0.3 is 10.2 Å². The van der Waals surface area contributed by atoms with Gasteiger partial charge in [-0.05, 0) is 43.3 Å². The number of nitrogens with zero attached hydrogens (tertiary/aromatic N) is 3. The Kier molecular flexibility index (Phi) is 3.93. The normalized spacial score (nSPS) is 10.6. The Morgan fingerprint density at radius 3 is 2.57 bits per heavy atom. The first-order chi connectivity index (χ1) is 11.0. The van der Waals surface area contributed by atoms with Gasteiger partial charge in [-0.3, -0.25) is 14.8 Å². The molecule has 0 saturated carbocycles. The Balaban J connectivity index is 1.86. The molecule has 1 aromatic carbocycles. The average Bonchev–Trinajstić information content (AvgIpc) is 2.54. The quantitative estimate of drug-likeness (QED) is 0.807. The Bertz CT molecular complexity index is 857. The van der Waals surface area contributed by atoms with Crippen molar-refractivity contribution in [2.24, 2.45) is 0 Å². The number of fused-ring (bicyclic) bond motifs is 1. The summed E-state index contributed by atoms with van der Waals surface area (Å²) in [7, 11) is 3.96. The highest BCUT2D eigenvalue weighted by Crippen LogP contribution is 2.19. The summed E-state index contributed by atoms with van der Waals surface area (Å²) in [6.07, 6.45) is 3.41. The van der Waals surface area contributed by atoms with Gasteiger partial charge in [0.25, 0.3) is 5.91 Å². The standard InChI is InChI=1S/C18H18N4O/c1-12-16(10-13-11-19-9-8-17(13)20-12)18(23)21-14-4-6-15(7-5-14)22(2)3/h4-11H,1-3H3,(H,21,23). The largest absolute Gasteiger partial charge is 0.378 e. The maximum Gasteiger partial charge on any atom is 0.257 e. The molecule has 2 aromatic heterocycles. The Labute approximate surface area is 135 Å². The minimum atomic E-state index is -0.168. The Hall–Kier alpha value is -2.95. The van der Waals surface area contributed by atoms with Crippen LogP contribution in [0.25, 0.3) is 10.9 Å². The lowest BCUT2D eigenvalue weighted by Crippen LogP contribution is -2.14. The molecule has 1 amide bonds. The minimum Gasteiger partial charge on any atom is -0.378 e. The summed E-state index contributed by atoms with van der Waals surface area (Å²) < 4.78 is 0. The molecule has 5 nitrogen and oxygen atoms in total. The number of nitrogens with one attached hydrogen (secondary N) is 1. The summed E-state index contributed by atoms with van der Waals surface area (Å²) in [6, 6.07) is 11.4. The Morgan fingerprint density at radius 1 is 1.13 bits per heavy atom. The zero-order chi connectivity index (χ0) is 16.4. The van der Waals surface area contributed by atoms with E-state index in [4.69, 9.17) is 0 Å². The molecule has 0 aliphatic heterocycles. The first kappa shape index (κ1) is 15.0. The van der Waals surface area contributed by atoms with Gasteiger partial charge >= 0.3 is 0 Å². The predicted octanol–water partition coefficient (Wildman–Crippen LogP) is 3.26. The molecule has 23 heavy (non-hydrogen) atoms. The van der Waals surface area contributed by atoms with Crippen LogP contribution in [0.5, 0.6) is 0 Å². The molecule has 0 aliphatic carbocycles. The SMILES string of the molecule is Cc1nc2ccncc2cc1C(=O)Nc1ccc(N(C)C)cc1. The fraction of sp³-hybridized carbons (Fsp3) is 0.167. The van der Waals surface area contributed by atoms with E-state index in [0.717, 1.165) is 22.3 Å². The van der Waals surface area contributed by atoms with Gasteiger partial charge in [0.1, 0.15) is 0 Å². The first-order valence-corrected chi connectivity index (χ1v) is 7.35. The van der Waals surface area contributed by atoms with E-state index in [1.807, 2.05) is 62.3 Å². The van der Waals surface area contributed by atoms with Crippen molar-refractivity contribution in [1.82, 2.24) is 9.97 Å². The predicted molar refractivity (Wildman–Crippen MR) is 93.0 cm³/mol. The smallest absolute Gasteiger partial charge is 0.257 e.